The van der Waals surface area contributed by atoms with Crippen molar-refractivity contribution in [3.05, 3.63) is 53.9 Å². The minimum absolute atomic E-state index is 0.00519. The van der Waals surface area contributed by atoms with Gasteiger partial charge in [-0.3, -0.25) is 14.6 Å². The summed E-state index contributed by atoms with van der Waals surface area (Å²) in [5, 5.41) is 5.65. The number of aromatic nitrogens is 1. The van der Waals surface area contributed by atoms with E-state index in [9.17, 15) is 9.59 Å². The average molecular weight is 381 g/mol. The van der Waals surface area contributed by atoms with Crippen molar-refractivity contribution in [2.24, 2.45) is 0 Å². The first-order valence-corrected chi connectivity index (χ1v) is 9.54. The van der Waals surface area contributed by atoms with Gasteiger partial charge in [0, 0.05) is 55.4 Å². The molecule has 2 heterocycles. The van der Waals surface area contributed by atoms with Crippen LogP contribution < -0.4 is 15.5 Å². The summed E-state index contributed by atoms with van der Waals surface area (Å²) in [7, 11) is 2.13. The Labute approximate surface area is 165 Å². The van der Waals surface area contributed by atoms with Gasteiger partial charge < -0.3 is 20.4 Å². The summed E-state index contributed by atoms with van der Waals surface area (Å²) < 4.78 is 0. The van der Waals surface area contributed by atoms with Gasteiger partial charge in [0.2, 0.25) is 0 Å². The number of anilines is 2. The van der Waals surface area contributed by atoms with Gasteiger partial charge >= 0.3 is 0 Å². The SMILES string of the molecule is CC(C)NC(=O)c1cc(C(=O)Nc2ccc(N3CCN(C)CC3)cc2)ccn1. The lowest BCUT2D eigenvalue weighted by Gasteiger charge is -2.34. The van der Waals surface area contributed by atoms with Crippen molar-refractivity contribution in [1.29, 1.82) is 0 Å². The molecule has 1 aromatic heterocycles. The Kier molecular flexibility index (Phi) is 6.26. The standard InChI is InChI=1S/C21H27N5O2/c1-15(2)23-21(28)19-14-16(8-9-22-19)20(27)24-17-4-6-18(7-5-17)26-12-10-25(3)11-13-26/h4-9,14-15H,10-13H2,1-3H3,(H,23,28)(H,24,27). The lowest BCUT2D eigenvalue weighted by atomic mass is 10.2. The molecule has 2 amide bonds. The predicted octanol–water partition coefficient (Wildman–Crippen LogP) is 2.22. The van der Waals surface area contributed by atoms with Crippen LogP contribution in [0.5, 0.6) is 0 Å². The minimum Gasteiger partial charge on any atom is -0.369 e. The van der Waals surface area contributed by atoms with Crippen LogP contribution in [0.4, 0.5) is 11.4 Å². The van der Waals surface area contributed by atoms with Crippen molar-refractivity contribution in [3.63, 3.8) is 0 Å². The second-order valence-corrected chi connectivity index (χ2v) is 7.35. The molecule has 0 radical (unpaired) electrons. The van der Waals surface area contributed by atoms with Gasteiger partial charge in [0.05, 0.1) is 0 Å². The molecule has 2 N–H and O–H groups in total. The molecule has 7 nitrogen and oxygen atoms in total. The van der Waals surface area contributed by atoms with E-state index in [4.69, 9.17) is 0 Å². The fourth-order valence-electron chi connectivity index (χ4n) is 3.06. The minimum atomic E-state index is -0.291. The summed E-state index contributed by atoms with van der Waals surface area (Å²) in [5.74, 6) is -0.561. The van der Waals surface area contributed by atoms with Crippen molar-refractivity contribution in [2.45, 2.75) is 19.9 Å². The van der Waals surface area contributed by atoms with Gasteiger partial charge in [0.15, 0.2) is 0 Å². The number of nitrogens with zero attached hydrogens (tertiary/aromatic N) is 3. The molecule has 1 aromatic carbocycles. The van der Waals surface area contributed by atoms with Crippen molar-refractivity contribution in [2.75, 3.05) is 43.4 Å². The van der Waals surface area contributed by atoms with E-state index in [1.165, 1.54) is 12.3 Å². The number of hydrogen-bond donors (Lipinski definition) is 2. The van der Waals surface area contributed by atoms with Gasteiger partial charge in [-0.1, -0.05) is 0 Å². The van der Waals surface area contributed by atoms with E-state index in [0.717, 1.165) is 31.9 Å². The average Bonchev–Trinajstić information content (AvgIpc) is 2.69. The van der Waals surface area contributed by atoms with Crippen LogP contribution in [0, 0.1) is 0 Å². The third-order valence-corrected chi connectivity index (χ3v) is 4.67. The van der Waals surface area contributed by atoms with E-state index >= 15 is 0 Å². The lowest BCUT2D eigenvalue weighted by Crippen LogP contribution is -2.44. The molecule has 3 rings (SSSR count). The highest BCUT2D eigenvalue weighted by atomic mass is 16.2. The van der Waals surface area contributed by atoms with Crippen molar-refractivity contribution < 1.29 is 9.59 Å². The first-order chi connectivity index (χ1) is 13.4. The molecular weight excluding hydrogens is 354 g/mol. The fourth-order valence-corrected chi connectivity index (χ4v) is 3.06. The molecule has 28 heavy (non-hydrogen) atoms. The molecule has 7 heteroatoms. The lowest BCUT2D eigenvalue weighted by molar-refractivity contribution is 0.0938. The Morgan fingerprint density at radius 1 is 1.00 bits per heavy atom. The zero-order valence-corrected chi connectivity index (χ0v) is 16.6. The summed E-state index contributed by atoms with van der Waals surface area (Å²) in [6.45, 7) is 7.85. The smallest absolute Gasteiger partial charge is 0.270 e. The third-order valence-electron chi connectivity index (χ3n) is 4.67. The Balaban J connectivity index is 1.64. The zero-order valence-electron chi connectivity index (χ0n) is 16.6. The largest absolute Gasteiger partial charge is 0.369 e. The molecule has 1 fully saturated rings. The number of pyridine rings is 1. The molecule has 148 valence electrons. The highest BCUT2D eigenvalue weighted by molar-refractivity contribution is 6.05. The molecule has 0 bridgehead atoms. The maximum absolute atomic E-state index is 12.5. The van der Waals surface area contributed by atoms with Crippen LogP contribution in [0.2, 0.25) is 0 Å². The van der Waals surface area contributed by atoms with Gasteiger partial charge in [-0.25, -0.2) is 0 Å². The van der Waals surface area contributed by atoms with Crippen LogP contribution >= 0.6 is 0 Å². The van der Waals surface area contributed by atoms with E-state index in [-0.39, 0.29) is 23.6 Å². The number of nitrogens with one attached hydrogen (secondary N) is 2. The summed E-state index contributed by atoms with van der Waals surface area (Å²) >= 11 is 0. The maximum Gasteiger partial charge on any atom is 0.270 e. The van der Waals surface area contributed by atoms with Crippen LogP contribution in [0.25, 0.3) is 0 Å². The molecule has 0 saturated carbocycles. The van der Waals surface area contributed by atoms with Gasteiger partial charge in [-0.2, -0.15) is 0 Å². The molecule has 1 aliphatic heterocycles. The number of benzene rings is 1. The molecule has 2 aromatic rings. The topological polar surface area (TPSA) is 77.6 Å². The first kappa shape index (κ1) is 19.8. The second-order valence-electron chi connectivity index (χ2n) is 7.35. The summed E-state index contributed by atoms with van der Waals surface area (Å²) in [4.78, 5) is 33.3. The number of hydrogen-bond acceptors (Lipinski definition) is 5. The number of carbonyl (C=O) groups is 2. The summed E-state index contributed by atoms with van der Waals surface area (Å²) in [5.41, 5.74) is 2.49. The number of rotatable bonds is 5. The van der Waals surface area contributed by atoms with Crippen LogP contribution in [0.15, 0.2) is 42.6 Å². The monoisotopic (exact) mass is 381 g/mol. The van der Waals surface area contributed by atoms with Gasteiger partial charge in [0.1, 0.15) is 5.69 Å². The maximum atomic E-state index is 12.5. The number of amides is 2. The number of carbonyl (C=O) groups excluding carboxylic acids is 2. The summed E-state index contributed by atoms with van der Waals surface area (Å²) in [6.07, 6.45) is 1.47. The quantitative estimate of drug-likeness (QED) is 0.830. The van der Waals surface area contributed by atoms with Gasteiger partial charge in [-0.05, 0) is 57.3 Å². The van der Waals surface area contributed by atoms with Crippen molar-refractivity contribution in [3.8, 4) is 0 Å². The van der Waals surface area contributed by atoms with Crippen LogP contribution in [-0.2, 0) is 0 Å². The molecule has 1 aliphatic rings. The highest BCUT2D eigenvalue weighted by Crippen LogP contribution is 2.20. The van der Waals surface area contributed by atoms with E-state index < -0.39 is 0 Å². The summed E-state index contributed by atoms with van der Waals surface area (Å²) in [6, 6.07) is 11.0. The third kappa shape index (κ3) is 5.07. The second kappa shape index (κ2) is 8.84. The van der Waals surface area contributed by atoms with Crippen LogP contribution in [0.3, 0.4) is 0 Å². The van der Waals surface area contributed by atoms with Crippen LogP contribution in [0.1, 0.15) is 34.7 Å². The molecule has 0 spiro atoms. The van der Waals surface area contributed by atoms with E-state index in [1.807, 2.05) is 38.1 Å². The van der Waals surface area contributed by atoms with Gasteiger partial charge in [0.25, 0.3) is 11.8 Å². The van der Waals surface area contributed by atoms with E-state index in [0.29, 0.717) is 11.3 Å². The molecule has 1 saturated heterocycles. The Morgan fingerprint density at radius 2 is 1.68 bits per heavy atom. The molecule has 0 unspecified atom stereocenters. The van der Waals surface area contributed by atoms with Gasteiger partial charge in [-0.15, -0.1) is 0 Å². The van der Waals surface area contributed by atoms with Crippen LogP contribution in [-0.4, -0.2) is 61.0 Å². The molecular formula is C21H27N5O2. The number of piperazine rings is 1. The molecule has 0 atom stereocenters. The number of likely N-dealkylation sites (N-methyl/N-ethyl adjacent to an activating group) is 1. The van der Waals surface area contributed by atoms with Crippen molar-refractivity contribution >= 4 is 23.2 Å². The highest BCUT2D eigenvalue weighted by Gasteiger charge is 2.15. The van der Waals surface area contributed by atoms with E-state index in [2.05, 4.69) is 32.5 Å². The van der Waals surface area contributed by atoms with Crippen molar-refractivity contribution in [1.82, 2.24) is 15.2 Å². The first-order valence-electron chi connectivity index (χ1n) is 9.54. The molecule has 0 aliphatic carbocycles. The predicted molar refractivity (Wildman–Crippen MR) is 111 cm³/mol. The normalized spacial score (nSPS) is 14.8. The Morgan fingerprint density at radius 3 is 2.32 bits per heavy atom. The Hall–Kier alpha value is -2.93. The fraction of sp³-hybridized carbons (Fsp3) is 0.381. The van der Waals surface area contributed by atoms with E-state index in [1.54, 1.807) is 6.07 Å². The zero-order chi connectivity index (χ0) is 20.1. The Bertz CT molecular complexity index is 827.